The van der Waals surface area contributed by atoms with Crippen LogP contribution in [0, 0.1) is 5.92 Å². The number of aliphatic hydroxyl groups excluding tert-OH is 2. The molecule has 0 aromatic heterocycles. The molecule has 0 saturated carbocycles. The predicted molar refractivity (Wildman–Crippen MR) is 320 cm³/mol. The highest BCUT2D eigenvalue weighted by Gasteiger charge is 2.26. The first-order chi connectivity index (χ1) is 38.3. The summed E-state index contributed by atoms with van der Waals surface area (Å²) in [4.78, 5) is 95.2. The lowest BCUT2D eigenvalue weighted by Crippen LogP contribution is -2.50. The Hall–Kier alpha value is -3.91. The van der Waals surface area contributed by atoms with Crippen LogP contribution in [0.25, 0.3) is 0 Å². The average Bonchev–Trinajstić information content (AvgIpc) is 3.44. The summed E-state index contributed by atoms with van der Waals surface area (Å²) < 4.78 is 0. The van der Waals surface area contributed by atoms with Gasteiger partial charge in [-0.2, -0.15) is 0 Å². The van der Waals surface area contributed by atoms with Crippen molar-refractivity contribution in [3.8, 4) is 0 Å². The summed E-state index contributed by atoms with van der Waals surface area (Å²) in [7, 11) is 0. The number of nitrogens with two attached hydrogens (primary N) is 4. The Balaban J connectivity index is 5.70. The standard InChI is InChI=1S/C61H115N9O9/c1-3-5-7-9-10-11-12-13-14-15-16-17-18-19-21-38-59(77)67-42-32-46-70(45-31-28-41-66-58(76)37-20-8-6-4-2)60(78)48-69(43-29-24-35-55(73)51(49-71)47-57(75)52(64)33-22-26-39-62)44-30-25-36-56(74)54(50-72)68-61(79)53(65)34-23-27-40-63/h6,8,13-14,51-54,71-72H,3-5,7,9-12,15-50,62-65H2,1-2H3,(H,66,76)(H,67,77)(H,68,79)/b8-6-,14-13-/t51-,52-,53-,54-/m0/s1. The number of nitrogens with one attached hydrogen (secondary N) is 3. The van der Waals surface area contributed by atoms with Crippen LogP contribution in [0.4, 0.5) is 0 Å². The molecule has 18 nitrogen and oxygen atoms in total. The summed E-state index contributed by atoms with van der Waals surface area (Å²) in [5, 5.41) is 28.6. The minimum absolute atomic E-state index is 0.00738. The molecule has 458 valence electrons. The van der Waals surface area contributed by atoms with E-state index in [0.29, 0.717) is 142 Å². The van der Waals surface area contributed by atoms with E-state index in [1.54, 1.807) is 0 Å². The van der Waals surface area contributed by atoms with Gasteiger partial charge in [-0.15, -0.1) is 0 Å². The van der Waals surface area contributed by atoms with Gasteiger partial charge >= 0.3 is 0 Å². The average molecular weight is 1120 g/mol. The molecule has 4 atom stereocenters. The number of Topliss-reactive ketones (excluding diaryl/α,β-unsaturated/α-hetero) is 3. The zero-order valence-electron chi connectivity index (χ0n) is 49.7. The van der Waals surface area contributed by atoms with Crippen LogP contribution >= 0.6 is 0 Å². The minimum atomic E-state index is -1.09. The van der Waals surface area contributed by atoms with E-state index in [1.165, 1.54) is 51.4 Å². The Bertz CT molecular complexity index is 1590. The molecule has 0 saturated heterocycles. The molecule has 0 fully saturated rings. The predicted octanol–water partition coefficient (Wildman–Crippen LogP) is 6.74. The Morgan fingerprint density at radius 2 is 1.01 bits per heavy atom. The van der Waals surface area contributed by atoms with Gasteiger partial charge in [-0.1, -0.05) is 102 Å². The fourth-order valence-electron chi connectivity index (χ4n) is 9.25. The van der Waals surface area contributed by atoms with Crippen molar-refractivity contribution in [3.05, 3.63) is 24.3 Å². The van der Waals surface area contributed by atoms with Gasteiger partial charge in [0.15, 0.2) is 5.78 Å². The summed E-state index contributed by atoms with van der Waals surface area (Å²) in [6.45, 7) is 7.03. The molecule has 0 heterocycles. The second-order valence-electron chi connectivity index (χ2n) is 21.6. The molecule has 79 heavy (non-hydrogen) atoms. The lowest BCUT2D eigenvalue weighted by atomic mass is 9.91. The van der Waals surface area contributed by atoms with Crippen LogP contribution < -0.4 is 38.9 Å². The van der Waals surface area contributed by atoms with Gasteiger partial charge in [0.05, 0.1) is 31.8 Å². The quantitative estimate of drug-likeness (QED) is 0.0225. The molecule has 0 rings (SSSR count). The van der Waals surface area contributed by atoms with Crippen molar-refractivity contribution in [2.24, 2.45) is 28.9 Å². The summed E-state index contributed by atoms with van der Waals surface area (Å²) in [5.74, 6) is -2.27. The normalized spacial score (nSPS) is 13.2. The molecule has 0 aliphatic carbocycles. The number of carbonyl (C=O) groups excluding carboxylic acids is 7. The molecule has 0 aliphatic heterocycles. The van der Waals surface area contributed by atoms with Crippen LogP contribution in [0.15, 0.2) is 24.3 Å². The smallest absolute Gasteiger partial charge is 0.237 e. The van der Waals surface area contributed by atoms with Crippen molar-refractivity contribution >= 4 is 41.0 Å². The molecule has 0 unspecified atom stereocenters. The first-order valence-electron chi connectivity index (χ1n) is 31.1. The van der Waals surface area contributed by atoms with Gasteiger partial charge in [-0.3, -0.25) is 38.5 Å². The molecular formula is C61H115N9O9. The van der Waals surface area contributed by atoms with E-state index in [-0.39, 0.29) is 60.9 Å². The number of ketones is 3. The third-order valence-electron chi connectivity index (χ3n) is 14.4. The summed E-state index contributed by atoms with van der Waals surface area (Å²) in [5.41, 5.74) is 23.2. The Labute approximate surface area is 478 Å². The van der Waals surface area contributed by atoms with Gasteiger partial charge in [0.2, 0.25) is 23.6 Å². The summed E-state index contributed by atoms with van der Waals surface area (Å²) >= 11 is 0. The summed E-state index contributed by atoms with van der Waals surface area (Å²) in [6, 6.07) is -2.63. The van der Waals surface area contributed by atoms with E-state index < -0.39 is 43.2 Å². The van der Waals surface area contributed by atoms with Crippen molar-refractivity contribution in [1.29, 1.82) is 0 Å². The van der Waals surface area contributed by atoms with E-state index in [2.05, 4.69) is 35.0 Å². The monoisotopic (exact) mass is 1120 g/mol. The minimum Gasteiger partial charge on any atom is -0.396 e. The lowest BCUT2D eigenvalue weighted by Gasteiger charge is -2.28. The van der Waals surface area contributed by atoms with Crippen LogP contribution in [-0.4, -0.2) is 151 Å². The number of carbonyl (C=O) groups is 7. The first-order valence-corrected chi connectivity index (χ1v) is 31.1. The molecule has 0 radical (unpaired) electrons. The zero-order valence-corrected chi connectivity index (χ0v) is 49.7. The van der Waals surface area contributed by atoms with Crippen molar-refractivity contribution < 1.29 is 43.8 Å². The van der Waals surface area contributed by atoms with Gasteiger partial charge < -0.3 is 54.0 Å². The maximum atomic E-state index is 14.3. The number of aliphatic hydroxyl groups is 2. The number of allylic oxidation sites excluding steroid dienone is 4. The van der Waals surface area contributed by atoms with Crippen molar-refractivity contribution in [3.63, 3.8) is 0 Å². The second-order valence-corrected chi connectivity index (χ2v) is 21.6. The molecule has 0 bridgehead atoms. The fraction of sp³-hybridized carbons (Fsp3) is 0.820. The molecule has 18 heteroatoms. The van der Waals surface area contributed by atoms with E-state index >= 15 is 0 Å². The van der Waals surface area contributed by atoms with Crippen LogP contribution in [-0.2, 0) is 33.6 Å². The van der Waals surface area contributed by atoms with Gasteiger partial charge in [-0.25, -0.2) is 0 Å². The molecule has 0 aliphatic rings. The molecule has 0 aromatic carbocycles. The van der Waals surface area contributed by atoms with Crippen LogP contribution in [0.5, 0.6) is 0 Å². The molecule has 0 aromatic rings. The van der Waals surface area contributed by atoms with Crippen molar-refractivity contribution in [2.75, 3.05) is 72.1 Å². The topological polar surface area (TPSA) is 307 Å². The highest BCUT2D eigenvalue weighted by molar-refractivity contribution is 5.91. The highest BCUT2D eigenvalue weighted by atomic mass is 16.3. The van der Waals surface area contributed by atoms with E-state index in [1.807, 2.05) is 28.9 Å². The lowest BCUT2D eigenvalue weighted by molar-refractivity contribution is -0.133. The zero-order chi connectivity index (χ0) is 58.6. The number of hydrogen-bond acceptors (Lipinski definition) is 14. The SMILES string of the molecule is CC/C=C\CCC(=O)NCCCCN(CCCNC(=O)CCCCCCC/C=C\CCCCCCCC)C(=O)CN(CCCCC(=O)[C@H](CO)CC(=O)[C@@H](N)CCCCN)CCCCC(=O)[C@H](CO)NC(=O)[C@@H](N)CCCCN. The van der Waals surface area contributed by atoms with Crippen molar-refractivity contribution in [1.82, 2.24) is 25.8 Å². The number of hydrogen-bond donors (Lipinski definition) is 9. The Kier molecular flexibility index (Phi) is 50.8. The fourth-order valence-corrected chi connectivity index (χ4v) is 9.25. The van der Waals surface area contributed by atoms with Crippen LogP contribution in [0.2, 0.25) is 0 Å². The van der Waals surface area contributed by atoms with Crippen LogP contribution in [0.3, 0.4) is 0 Å². The Morgan fingerprint density at radius 1 is 0.494 bits per heavy atom. The van der Waals surface area contributed by atoms with E-state index in [4.69, 9.17) is 22.9 Å². The summed E-state index contributed by atoms with van der Waals surface area (Å²) in [6.07, 6.45) is 34.3. The number of amides is 4. The third kappa shape index (κ3) is 43.5. The maximum absolute atomic E-state index is 14.3. The van der Waals surface area contributed by atoms with E-state index in [9.17, 15) is 43.8 Å². The molecule has 4 amide bonds. The maximum Gasteiger partial charge on any atom is 0.237 e. The van der Waals surface area contributed by atoms with E-state index in [0.717, 1.165) is 51.4 Å². The largest absolute Gasteiger partial charge is 0.396 e. The Morgan fingerprint density at radius 3 is 1.61 bits per heavy atom. The molecule has 0 spiro atoms. The highest BCUT2D eigenvalue weighted by Crippen LogP contribution is 2.15. The van der Waals surface area contributed by atoms with Gasteiger partial charge in [0, 0.05) is 64.2 Å². The molecule has 13 N–H and O–H groups in total. The number of rotatable bonds is 57. The van der Waals surface area contributed by atoms with Gasteiger partial charge in [0.25, 0.3) is 0 Å². The second kappa shape index (κ2) is 53.4. The van der Waals surface area contributed by atoms with Crippen molar-refractivity contribution in [2.45, 2.75) is 244 Å². The third-order valence-corrected chi connectivity index (χ3v) is 14.4. The number of unbranched alkanes of at least 4 members (excludes halogenated alkanes) is 16. The first kappa shape index (κ1) is 75.1. The van der Waals surface area contributed by atoms with Crippen LogP contribution in [0.1, 0.15) is 226 Å². The van der Waals surface area contributed by atoms with Gasteiger partial charge in [0.1, 0.15) is 17.6 Å². The number of nitrogens with zero attached hydrogens (tertiary/aromatic N) is 2. The van der Waals surface area contributed by atoms with Gasteiger partial charge in [-0.05, 0) is 142 Å². The molecular weight excluding hydrogens is 1000 g/mol.